The summed E-state index contributed by atoms with van der Waals surface area (Å²) in [4.78, 5) is 0. The molecule has 0 saturated heterocycles. The standard InChI is InChI=1S/C9H13ClN2O/c10-9-3-1-2-7(4-9)8(6-13)5-12-11/h1-4,8,12-13H,5-6,11H2. The van der Waals surface area contributed by atoms with Crippen LogP contribution in [0.4, 0.5) is 0 Å². The Morgan fingerprint density at radius 3 is 2.85 bits per heavy atom. The zero-order valence-electron chi connectivity index (χ0n) is 7.20. The van der Waals surface area contributed by atoms with E-state index in [0.717, 1.165) is 5.56 Å². The number of nitrogens with one attached hydrogen (secondary N) is 1. The van der Waals surface area contributed by atoms with Crippen LogP contribution in [0.25, 0.3) is 0 Å². The van der Waals surface area contributed by atoms with Gasteiger partial charge in [0.2, 0.25) is 0 Å². The molecule has 72 valence electrons. The van der Waals surface area contributed by atoms with Crippen LogP contribution in [0.2, 0.25) is 5.02 Å². The van der Waals surface area contributed by atoms with E-state index in [1.54, 1.807) is 6.07 Å². The molecule has 0 radical (unpaired) electrons. The minimum absolute atomic E-state index is 0.00343. The van der Waals surface area contributed by atoms with Gasteiger partial charge in [-0.25, -0.2) is 0 Å². The van der Waals surface area contributed by atoms with Crippen LogP contribution in [0, 0.1) is 0 Å². The second kappa shape index (κ2) is 5.19. The Morgan fingerprint density at radius 2 is 2.31 bits per heavy atom. The Bertz CT molecular complexity index is 268. The topological polar surface area (TPSA) is 58.3 Å². The minimum Gasteiger partial charge on any atom is -0.396 e. The van der Waals surface area contributed by atoms with Crippen molar-refractivity contribution in [3.8, 4) is 0 Å². The molecule has 1 aromatic carbocycles. The number of nitrogens with two attached hydrogens (primary N) is 1. The molecule has 0 aliphatic heterocycles. The number of benzene rings is 1. The molecule has 0 spiro atoms. The fourth-order valence-electron chi connectivity index (χ4n) is 1.19. The minimum atomic E-state index is 0.00343. The van der Waals surface area contributed by atoms with E-state index in [0.29, 0.717) is 11.6 Å². The van der Waals surface area contributed by atoms with Crippen molar-refractivity contribution in [2.45, 2.75) is 5.92 Å². The lowest BCUT2D eigenvalue weighted by Gasteiger charge is -2.13. The number of rotatable bonds is 4. The van der Waals surface area contributed by atoms with E-state index < -0.39 is 0 Å². The molecule has 0 aromatic heterocycles. The average molecular weight is 201 g/mol. The van der Waals surface area contributed by atoms with Crippen LogP contribution in [0.5, 0.6) is 0 Å². The Morgan fingerprint density at radius 1 is 1.54 bits per heavy atom. The van der Waals surface area contributed by atoms with Crippen molar-refractivity contribution in [1.29, 1.82) is 0 Å². The normalized spacial score (nSPS) is 12.8. The molecule has 1 unspecified atom stereocenters. The average Bonchev–Trinajstić information content (AvgIpc) is 2.14. The Kier molecular flexibility index (Phi) is 4.18. The van der Waals surface area contributed by atoms with E-state index in [2.05, 4.69) is 5.43 Å². The molecule has 1 aromatic rings. The van der Waals surface area contributed by atoms with Gasteiger partial charge in [-0.15, -0.1) is 0 Å². The summed E-state index contributed by atoms with van der Waals surface area (Å²) in [5, 5.41) is 9.74. The number of hydrogen-bond donors (Lipinski definition) is 3. The molecule has 0 saturated carbocycles. The Labute approximate surface area is 82.5 Å². The summed E-state index contributed by atoms with van der Waals surface area (Å²) in [6.07, 6.45) is 0. The van der Waals surface area contributed by atoms with Gasteiger partial charge in [0, 0.05) is 17.5 Å². The first-order valence-electron chi connectivity index (χ1n) is 4.07. The van der Waals surface area contributed by atoms with E-state index >= 15 is 0 Å². The molecule has 0 bridgehead atoms. The van der Waals surface area contributed by atoms with Crippen molar-refractivity contribution in [1.82, 2.24) is 5.43 Å². The predicted molar refractivity (Wildman–Crippen MR) is 53.5 cm³/mol. The van der Waals surface area contributed by atoms with Crippen LogP contribution in [0.3, 0.4) is 0 Å². The van der Waals surface area contributed by atoms with Crippen LogP contribution in [-0.4, -0.2) is 18.3 Å². The molecule has 13 heavy (non-hydrogen) atoms. The molecule has 0 fully saturated rings. The number of hydrazine groups is 1. The number of hydrogen-bond acceptors (Lipinski definition) is 3. The molecule has 1 rings (SSSR count). The number of aliphatic hydroxyl groups is 1. The van der Waals surface area contributed by atoms with Crippen molar-refractivity contribution >= 4 is 11.6 Å². The summed E-state index contributed by atoms with van der Waals surface area (Å²) in [6.45, 7) is 0.599. The fourth-order valence-corrected chi connectivity index (χ4v) is 1.39. The van der Waals surface area contributed by atoms with Crippen LogP contribution in [0.15, 0.2) is 24.3 Å². The zero-order chi connectivity index (χ0) is 9.68. The molecule has 3 nitrogen and oxygen atoms in total. The third-order valence-electron chi connectivity index (χ3n) is 1.90. The highest BCUT2D eigenvalue weighted by Gasteiger charge is 2.09. The van der Waals surface area contributed by atoms with Gasteiger partial charge >= 0.3 is 0 Å². The first kappa shape index (κ1) is 10.5. The summed E-state index contributed by atoms with van der Waals surface area (Å²) in [6, 6.07) is 7.41. The zero-order valence-corrected chi connectivity index (χ0v) is 7.96. The maximum absolute atomic E-state index is 9.06. The molecule has 0 amide bonds. The monoisotopic (exact) mass is 200 g/mol. The maximum Gasteiger partial charge on any atom is 0.0512 e. The summed E-state index contributed by atoms with van der Waals surface area (Å²) in [7, 11) is 0. The fraction of sp³-hybridized carbons (Fsp3) is 0.333. The maximum atomic E-state index is 9.06. The van der Waals surface area contributed by atoms with Crippen molar-refractivity contribution in [3.05, 3.63) is 34.9 Å². The lowest BCUT2D eigenvalue weighted by molar-refractivity contribution is 0.262. The third-order valence-corrected chi connectivity index (χ3v) is 2.14. The van der Waals surface area contributed by atoms with Gasteiger partial charge in [-0.1, -0.05) is 23.7 Å². The molecule has 0 aliphatic rings. The second-order valence-corrected chi connectivity index (χ2v) is 3.28. The van der Waals surface area contributed by atoms with Crippen molar-refractivity contribution in [2.75, 3.05) is 13.2 Å². The first-order chi connectivity index (χ1) is 6.27. The highest BCUT2D eigenvalue weighted by Crippen LogP contribution is 2.18. The van der Waals surface area contributed by atoms with E-state index in [1.165, 1.54) is 0 Å². The van der Waals surface area contributed by atoms with Crippen LogP contribution < -0.4 is 11.3 Å². The van der Waals surface area contributed by atoms with E-state index in [9.17, 15) is 0 Å². The molecule has 0 heterocycles. The van der Waals surface area contributed by atoms with Gasteiger partial charge in [-0.3, -0.25) is 11.3 Å². The van der Waals surface area contributed by atoms with E-state index in [4.69, 9.17) is 22.6 Å². The largest absolute Gasteiger partial charge is 0.396 e. The van der Waals surface area contributed by atoms with Crippen LogP contribution in [0.1, 0.15) is 11.5 Å². The summed E-state index contributed by atoms with van der Waals surface area (Å²) < 4.78 is 0. The Hall–Kier alpha value is -0.610. The van der Waals surface area contributed by atoms with Gasteiger partial charge in [0.15, 0.2) is 0 Å². The quantitative estimate of drug-likeness (QED) is 0.500. The molecule has 0 aliphatic carbocycles. The van der Waals surface area contributed by atoms with Crippen LogP contribution in [-0.2, 0) is 0 Å². The van der Waals surface area contributed by atoms with Gasteiger partial charge < -0.3 is 5.11 Å². The van der Waals surface area contributed by atoms with Crippen LogP contribution >= 0.6 is 11.6 Å². The Balaban J connectivity index is 2.78. The predicted octanol–water partition coefficient (Wildman–Crippen LogP) is 0.879. The summed E-state index contributed by atoms with van der Waals surface area (Å²) >= 11 is 5.81. The highest BCUT2D eigenvalue weighted by molar-refractivity contribution is 6.30. The second-order valence-electron chi connectivity index (χ2n) is 2.84. The van der Waals surface area contributed by atoms with Crippen molar-refractivity contribution < 1.29 is 5.11 Å². The molecular formula is C9H13ClN2O. The van der Waals surface area contributed by atoms with E-state index in [1.807, 2.05) is 18.2 Å². The van der Waals surface area contributed by atoms with Gasteiger partial charge in [-0.05, 0) is 17.7 Å². The lowest BCUT2D eigenvalue weighted by Crippen LogP contribution is -2.29. The highest BCUT2D eigenvalue weighted by atomic mass is 35.5. The molecule has 4 heteroatoms. The molecule has 4 N–H and O–H groups in total. The van der Waals surface area contributed by atoms with Crippen molar-refractivity contribution in [2.24, 2.45) is 5.84 Å². The van der Waals surface area contributed by atoms with Gasteiger partial charge in [0.25, 0.3) is 0 Å². The smallest absolute Gasteiger partial charge is 0.0512 e. The van der Waals surface area contributed by atoms with Gasteiger partial charge in [0.1, 0.15) is 0 Å². The van der Waals surface area contributed by atoms with Gasteiger partial charge in [0.05, 0.1) is 6.61 Å². The van der Waals surface area contributed by atoms with Crippen molar-refractivity contribution in [3.63, 3.8) is 0 Å². The lowest BCUT2D eigenvalue weighted by atomic mass is 10.0. The molecule has 1 atom stereocenters. The van der Waals surface area contributed by atoms with Gasteiger partial charge in [-0.2, -0.15) is 0 Å². The first-order valence-corrected chi connectivity index (χ1v) is 4.45. The number of aliphatic hydroxyl groups excluding tert-OH is 1. The number of halogens is 1. The summed E-state index contributed by atoms with van der Waals surface area (Å²) in [5.41, 5.74) is 3.53. The molecular weight excluding hydrogens is 188 g/mol. The van der Waals surface area contributed by atoms with E-state index in [-0.39, 0.29) is 12.5 Å². The summed E-state index contributed by atoms with van der Waals surface area (Å²) in [5.74, 6) is 5.19. The third kappa shape index (κ3) is 2.97. The SMILES string of the molecule is NNCC(CO)c1cccc(Cl)c1.